The Morgan fingerprint density at radius 3 is 2.50 bits per heavy atom. The van der Waals surface area contributed by atoms with E-state index in [-0.39, 0.29) is 16.9 Å². The molecule has 1 heterocycles. The standard InChI is InChI=1S/C10H12BrF3N2/c11-5-7-6-15-16(8-3-1-2-4-8)9(7)10(12,13)14/h6,8H,1-5H2. The van der Waals surface area contributed by atoms with Crippen molar-refractivity contribution in [1.29, 1.82) is 0 Å². The molecule has 0 spiro atoms. The lowest BCUT2D eigenvalue weighted by atomic mass is 10.2. The molecule has 0 bridgehead atoms. The zero-order valence-electron chi connectivity index (χ0n) is 8.60. The SMILES string of the molecule is FC(F)(F)c1c(CBr)cnn1C1CCCC1. The van der Waals surface area contributed by atoms with Crippen molar-refractivity contribution in [3.8, 4) is 0 Å². The third-order valence-corrected chi connectivity index (χ3v) is 3.56. The Morgan fingerprint density at radius 2 is 2.00 bits per heavy atom. The maximum Gasteiger partial charge on any atom is 0.433 e. The number of hydrogen-bond acceptors (Lipinski definition) is 1. The maximum atomic E-state index is 12.9. The van der Waals surface area contributed by atoms with E-state index in [2.05, 4.69) is 21.0 Å². The van der Waals surface area contributed by atoms with E-state index in [1.54, 1.807) is 0 Å². The van der Waals surface area contributed by atoms with Gasteiger partial charge in [0.2, 0.25) is 0 Å². The highest BCUT2D eigenvalue weighted by molar-refractivity contribution is 9.08. The van der Waals surface area contributed by atoms with E-state index in [1.165, 1.54) is 10.9 Å². The Kier molecular flexibility index (Phi) is 3.28. The zero-order chi connectivity index (χ0) is 11.8. The van der Waals surface area contributed by atoms with Crippen LogP contribution in [0.2, 0.25) is 0 Å². The van der Waals surface area contributed by atoms with Crippen LogP contribution in [0.25, 0.3) is 0 Å². The van der Waals surface area contributed by atoms with Crippen molar-refractivity contribution in [1.82, 2.24) is 9.78 Å². The van der Waals surface area contributed by atoms with Gasteiger partial charge >= 0.3 is 6.18 Å². The minimum absolute atomic E-state index is 0.0792. The van der Waals surface area contributed by atoms with E-state index in [4.69, 9.17) is 0 Å². The predicted octanol–water partition coefficient (Wildman–Crippen LogP) is 3.91. The molecule has 2 nitrogen and oxygen atoms in total. The molecule has 6 heteroatoms. The van der Waals surface area contributed by atoms with Crippen LogP contribution in [-0.4, -0.2) is 9.78 Å². The minimum atomic E-state index is -4.32. The predicted molar refractivity (Wildman–Crippen MR) is 57.4 cm³/mol. The molecule has 2 rings (SSSR count). The summed E-state index contributed by atoms with van der Waals surface area (Å²) in [7, 11) is 0. The van der Waals surface area contributed by atoms with Gasteiger partial charge in [-0.1, -0.05) is 28.8 Å². The lowest BCUT2D eigenvalue weighted by Gasteiger charge is -2.16. The third-order valence-electron chi connectivity index (χ3n) is 2.95. The summed E-state index contributed by atoms with van der Waals surface area (Å²) in [6.07, 6.45) is 0.577. The van der Waals surface area contributed by atoms with E-state index < -0.39 is 11.9 Å². The fraction of sp³-hybridized carbons (Fsp3) is 0.700. The van der Waals surface area contributed by atoms with Crippen molar-refractivity contribution in [2.75, 3.05) is 0 Å². The molecule has 0 aromatic carbocycles. The van der Waals surface area contributed by atoms with Crippen molar-refractivity contribution >= 4 is 15.9 Å². The molecule has 0 atom stereocenters. The molecule has 0 aliphatic heterocycles. The van der Waals surface area contributed by atoms with Crippen LogP contribution in [-0.2, 0) is 11.5 Å². The van der Waals surface area contributed by atoms with Gasteiger partial charge in [-0.3, -0.25) is 4.68 Å². The second kappa shape index (κ2) is 4.39. The summed E-state index contributed by atoms with van der Waals surface area (Å²) >= 11 is 3.07. The topological polar surface area (TPSA) is 17.8 Å². The Bertz CT molecular complexity index is 367. The van der Waals surface area contributed by atoms with Gasteiger partial charge < -0.3 is 0 Å². The first kappa shape index (κ1) is 12.0. The van der Waals surface area contributed by atoms with E-state index in [1.807, 2.05) is 0 Å². The molecule has 0 radical (unpaired) electrons. The summed E-state index contributed by atoms with van der Waals surface area (Å²) in [5.74, 6) is 0. The number of halogens is 4. The molecule has 0 saturated heterocycles. The van der Waals surface area contributed by atoms with Crippen molar-refractivity contribution in [3.05, 3.63) is 17.5 Å². The molecular weight excluding hydrogens is 285 g/mol. The van der Waals surface area contributed by atoms with Gasteiger partial charge in [0.25, 0.3) is 0 Å². The Labute approximate surface area is 100.0 Å². The monoisotopic (exact) mass is 296 g/mol. The van der Waals surface area contributed by atoms with E-state index in [9.17, 15) is 13.2 Å². The van der Waals surface area contributed by atoms with Gasteiger partial charge in [0.1, 0.15) is 5.69 Å². The summed E-state index contributed by atoms with van der Waals surface area (Å²) in [6.45, 7) is 0. The van der Waals surface area contributed by atoms with E-state index in [0.29, 0.717) is 0 Å². The molecule has 90 valence electrons. The maximum absolute atomic E-state index is 12.9. The molecule has 0 amide bonds. The van der Waals surface area contributed by atoms with Gasteiger partial charge in [-0.2, -0.15) is 18.3 Å². The van der Waals surface area contributed by atoms with Crippen LogP contribution >= 0.6 is 15.9 Å². The lowest BCUT2D eigenvalue weighted by molar-refractivity contribution is -0.145. The van der Waals surface area contributed by atoms with Crippen LogP contribution in [0, 0.1) is 0 Å². The molecule has 1 saturated carbocycles. The summed E-state index contributed by atoms with van der Waals surface area (Å²) in [4.78, 5) is 0. The first-order valence-corrected chi connectivity index (χ1v) is 6.35. The van der Waals surface area contributed by atoms with Crippen LogP contribution < -0.4 is 0 Å². The van der Waals surface area contributed by atoms with Crippen LogP contribution in [0.3, 0.4) is 0 Å². The highest BCUT2D eigenvalue weighted by Gasteiger charge is 2.39. The van der Waals surface area contributed by atoms with Gasteiger partial charge in [-0.25, -0.2) is 0 Å². The smallest absolute Gasteiger partial charge is 0.257 e. The number of rotatable bonds is 2. The van der Waals surface area contributed by atoms with Gasteiger partial charge in [-0.15, -0.1) is 0 Å². The van der Waals surface area contributed by atoms with Crippen molar-refractivity contribution in [3.63, 3.8) is 0 Å². The van der Waals surface area contributed by atoms with Gasteiger partial charge in [0.05, 0.1) is 12.2 Å². The van der Waals surface area contributed by atoms with Crippen molar-refractivity contribution < 1.29 is 13.2 Å². The normalized spacial score (nSPS) is 18.2. The fourth-order valence-electron chi connectivity index (χ4n) is 2.23. The first-order chi connectivity index (χ1) is 7.54. The zero-order valence-corrected chi connectivity index (χ0v) is 10.2. The van der Waals surface area contributed by atoms with Gasteiger partial charge in [0, 0.05) is 10.9 Å². The van der Waals surface area contributed by atoms with E-state index >= 15 is 0 Å². The number of hydrogen-bond donors (Lipinski definition) is 0. The second-order valence-electron chi connectivity index (χ2n) is 4.03. The summed E-state index contributed by atoms with van der Waals surface area (Å²) < 4.78 is 39.9. The van der Waals surface area contributed by atoms with Crippen molar-refractivity contribution in [2.45, 2.75) is 43.2 Å². The Balaban J connectivity index is 2.41. The van der Waals surface area contributed by atoms with Crippen LogP contribution in [0.15, 0.2) is 6.20 Å². The molecule has 1 fully saturated rings. The molecule has 16 heavy (non-hydrogen) atoms. The Hall–Kier alpha value is -0.520. The lowest BCUT2D eigenvalue weighted by Crippen LogP contribution is -2.19. The molecule has 1 aliphatic rings. The van der Waals surface area contributed by atoms with Crippen LogP contribution in [0.1, 0.15) is 43.0 Å². The Morgan fingerprint density at radius 1 is 1.38 bits per heavy atom. The van der Waals surface area contributed by atoms with Crippen LogP contribution in [0.5, 0.6) is 0 Å². The third kappa shape index (κ3) is 2.12. The van der Waals surface area contributed by atoms with Crippen LogP contribution in [0.4, 0.5) is 13.2 Å². The molecule has 0 unspecified atom stereocenters. The summed E-state index contributed by atoms with van der Waals surface area (Å²) in [5.41, 5.74) is -0.365. The van der Waals surface area contributed by atoms with Crippen molar-refractivity contribution in [2.24, 2.45) is 0 Å². The highest BCUT2D eigenvalue weighted by atomic mass is 79.9. The summed E-state index contributed by atoms with van der Waals surface area (Å²) in [6, 6.07) is -0.0792. The van der Waals surface area contributed by atoms with E-state index in [0.717, 1.165) is 25.7 Å². The van der Waals surface area contributed by atoms with Gasteiger partial charge in [-0.05, 0) is 12.8 Å². The van der Waals surface area contributed by atoms with Gasteiger partial charge in [0.15, 0.2) is 0 Å². The fourth-order valence-corrected chi connectivity index (χ4v) is 2.64. The molecule has 0 N–H and O–H groups in total. The average Bonchev–Trinajstić information content (AvgIpc) is 2.84. The average molecular weight is 297 g/mol. The summed E-state index contributed by atoms with van der Waals surface area (Å²) in [5, 5.41) is 4.09. The number of nitrogens with zero attached hydrogens (tertiary/aromatic N) is 2. The molecule has 1 aliphatic carbocycles. The quantitative estimate of drug-likeness (QED) is 0.757. The first-order valence-electron chi connectivity index (χ1n) is 5.23. The molecule has 1 aromatic rings. The number of alkyl halides is 4. The minimum Gasteiger partial charge on any atom is -0.257 e. The second-order valence-corrected chi connectivity index (χ2v) is 4.59. The number of aromatic nitrogens is 2. The largest absolute Gasteiger partial charge is 0.433 e. The highest BCUT2D eigenvalue weighted by Crippen LogP contribution is 2.38. The molecule has 1 aromatic heterocycles. The molecular formula is C10H12BrF3N2.